The van der Waals surface area contributed by atoms with E-state index in [-0.39, 0.29) is 11.7 Å². The van der Waals surface area contributed by atoms with Gasteiger partial charge in [0.2, 0.25) is 5.78 Å². The van der Waals surface area contributed by atoms with Gasteiger partial charge >= 0.3 is 5.97 Å². The molecule has 0 aromatic heterocycles. The molecule has 4 nitrogen and oxygen atoms in total. The fraction of sp³-hybridized carbons (Fsp3) is 0.211. The Morgan fingerprint density at radius 2 is 1.39 bits per heavy atom. The first kappa shape index (κ1) is 15.2. The van der Waals surface area contributed by atoms with E-state index in [9.17, 15) is 14.4 Å². The van der Waals surface area contributed by atoms with Crippen LogP contribution >= 0.6 is 0 Å². The smallest absolute Gasteiger partial charge is 0.374 e. The Hall–Kier alpha value is -2.75. The Bertz CT molecular complexity index is 736. The van der Waals surface area contributed by atoms with Gasteiger partial charge in [0.15, 0.2) is 5.78 Å². The van der Waals surface area contributed by atoms with Gasteiger partial charge in [0.1, 0.15) is 0 Å². The SMILES string of the molecule is COC(=O)C(=O)[C@H]1[C@@H](C(=O)c2ccccc2)[C@@H]1c1ccccc1. The maximum Gasteiger partial charge on any atom is 0.374 e. The molecule has 0 aliphatic heterocycles. The summed E-state index contributed by atoms with van der Waals surface area (Å²) in [5.74, 6) is -3.05. The Morgan fingerprint density at radius 3 is 1.96 bits per heavy atom. The standard InChI is InChI=1S/C19H16O4/c1-23-19(22)18(21)16-14(12-8-4-2-5-9-12)15(16)17(20)13-10-6-3-7-11-13/h2-11,14-16H,1H3/t14-,15-,16+/m0/s1. The lowest BCUT2D eigenvalue weighted by Crippen LogP contribution is -2.20. The van der Waals surface area contributed by atoms with Crippen molar-refractivity contribution in [3.63, 3.8) is 0 Å². The Morgan fingerprint density at radius 1 is 0.826 bits per heavy atom. The molecule has 1 fully saturated rings. The molecule has 2 aromatic rings. The van der Waals surface area contributed by atoms with E-state index in [0.29, 0.717) is 5.56 Å². The van der Waals surface area contributed by atoms with Crippen LogP contribution in [0.15, 0.2) is 60.7 Å². The topological polar surface area (TPSA) is 60.4 Å². The maximum atomic E-state index is 12.7. The quantitative estimate of drug-likeness (QED) is 0.484. The van der Waals surface area contributed by atoms with Crippen molar-refractivity contribution in [3.05, 3.63) is 71.8 Å². The molecule has 0 unspecified atom stereocenters. The summed E-state index contributed by atoms with van der Waals surface area (Å²) in [5.41, 5.74) is 1.45. The summed E-state index contributed by atoms with van der Waals surface area (Å²) in [6.07, 6.45) is 0. The highest BCUT2D eigenvalue weighted by Gasteiger charge is 2.60. The average molecular weight is 308 g/mol. The second-order valence-corrected chi connectivity index (χ2v) is 5.57. The van der Waals surface area contributed by atoms with Crippen LogP contribution in [0, 0.1) is 11.8 Å². The summed E-state index contributed by atoms with van der Waals surface area (Å²) in [6.45, 7) is 0. The van der Waals surface area contributed by atoms with Crippen LogP contribution in [0.1, 0.15) is 21.8 Å². The van der Waals surface area contributed by atoms with E-state index in [4.69, 9.17) is 0 Å². The molecule has 0 heterocycles. The third-order valence-corrected chi connectivity index (χ3v) is 4.25. The normalized spacial score (nSPS) is 22.2. The average Bonchev–Trinajstić information content (AvgIpc) is 3.36. The molecule has 0 spiro atoms. The Balaban J connectivity index is 1.92. The lowest BCUT2D eigenvalue weighted by atomic mass is 10.0. The van der Waals surface area contributed by atoms with Gasteiger partial charge in [-0.25, -0.2) is 4.79 Å². The lowest BCUT2D eigenvalue weighted by Gasteiger charge is -2.00. The predicted molar refractivity (Wildman–Crippen MR) is 84.0 cm³/mol. The van der Waals surface area contributed by atoms with Gasteiger partial charge in [-0.1, -0.05) is 60.7 Å². The summed E-state index contributed by atoms with van der Waals surface area (Å²) in [6, 6.07) is 18.2. The van der Waals surface area contributed by atoms with Crippen LogP contribution in [0.25, 0.3) is 0 Å². The number of hydrogen-bond acceptors (Lipinski definition) is 4. The zero-order valence-corrected chi connectivity index (χ0v) is 12.6. The van der Waals surface area contributed by atoms with Crippen molar-refractivity contribution in [3.8, 4) is 0 Å². The van der Waals surface area contributed by atoms with Crippen molar-refractivity contribution in [2.45, 2.75) is 5.92 Å². The van der Waals surface area contributed by atoms with Crippen LogP contribution in [0.3, 0.4) is 0 Å². The number of carbonyl (C=O) groups excluding carboxylic acids is 3. The van der Waals surface area contributed by atoms with Crippen molar-refractivity contribution in [1.82, 2.24) is 0 Å². The van der Waals surface area contributed by atoms with Gasteiger partial charge in [0, 0.05) is 23.3 Å². The number of methoxy groups -OCH3 is 1. The molecular formula is C19H16O4. The van der Waals surface area contributed by atoms with Gasteiger partial charge in [0.05, 0.1) is 7.11 Å². The molecule has 3 rings (SSSR count). The van der Waals surface area contributed by atoms with Crippen molar-refractivity contribution < 1.29 is 19.1 Å². The minimum absolute atomic E-state index is 0.110. The summed E-state index contributed by atoms with van der Waals surface area (Å²) in [7, 11) is 1.17. The zero-order chi connectivity index (χ0) is 16.4. The van der Waals surface area contributed by atoms with E-state index < -0.39 is 23.6 Å². The molecule has 0 bridgehead atoms. The van der Waals surface area contributed by atoms with E-state index in [0.717, 1.165) is 5.56 Å². The van der Waals surface area contributed by atoms with Crippen molar-refractivity contribution >= 4 is 17.5 Å². The third kappa shape index (κ3) is 2.80. The molecule has 2 aromatic carbocycles. The minimum Gasteiger partial charge on any atom is -0.463 e. The molecular weight excluding hydrogens is 292 g/mol. The van der Waals surface area contributed by atoms with Crippen LogP contribution in [-0.2, 0) is 14.3 Å². The van der Waals surface area contributed by atoms with Crippen LogP contribution < -0.4 is 0 Å². The van der Waals surface area contributed by atoms with Gasteiger partial charge in [-0.15, -0.1) is 0 Å². The van der Waals surface area contributed by atoms with Crippen molar-refractivity contribution in [1.29, 1.82) is 0 Å². The van der Waals surface area contributed by atoms with E-state index in [2.05, 4.69) is 4.74 Å². The highest BCUT2D eigenvalue weighted by molar-refractivity contribution is 6.36. The number of benzene rings is 2. The molecule has 1 aliphatic rings. The first-order chi connectivity index (χ1) is 11.1. The molecule has 116 valence electrons. The molecule has 23 heavy (non-hydrogen) atoms. The molecule has 0 radical (unpaired) electrons. The summed E-state index contributed by atoms with van der Waals surface area (Å²) >= 11 is 0. The molecule has 0 amide bonds. The fourth-order valence-corrected chi connectivity index (χ4v) is 3.08. The molecule has 1 aliphatic carbocycles. The highest BCUT2D eigenvalue weighted by Crippen LogP contribution is 2.56. The van der Waals surface area contributed by atoms with E-state index >= 15 is 0 Å². The number of Topliss-reactive ketones (excluding diaryl/α,β-unsaturated/α-hetero) is 2. The molecule has 0 N–H and O–H groups in total. The summed E-state index contributed by atoms with van der Waals surface area (Å²) in [4.78, 5) is 36.5. The zero-order valence-electron chi connectivity index (χ0n) is 12.6. The van der Waals surface area contributed by atoms with Gasteiger partial charge in [0.25, 0.3) is 0 Å². The predicted octanol–water partition coefficient (Wildman–Crippen LogP) is 2.64. The van der Waals surface area contributed by atoms with Crippen LogP contribution in [0.2, 0.25) is 0 Å². The summed E-state index contributed by atoms with van der Waals surface area (Å²) in [5, 5.41) is 0. The van der Waals surface area contributed by atoms with Crippen molar-refractivity contribution in [2.75, 3.05) is 7.11 Å². The van der Waals surface area contributed by atoms with Crippen LogP contribution in [-0.4, -0.2) is 24.6 Å². The van der Waals surface area contributed by atoms with Gasteiger partial charge < -0.3 is 4.74 Å². The lowest BCUT2D eigenvalue weighted by molar-refractivity contribution is -0.152. The molecule has 1 saturated carbocycles. The monoisotopic (exact) mass is 308 g/mol. The largest absolute Gasteiger partial charge is 0.463 e. The Labute approximate surface area is 134 Å². The summed E-state index contributed by atoms with van der Waals surface area (Å²) < 4.78 is 4.53. The number of rotatable bonds is 5. The molecule has 0 saturated heterocycles. The number of ketones is 2. The second kappa shape index (κ2) is 6.16. The van der Waals surface area contributed by atoms with Crippen molar-refractivity contribution in [2.24, 2.45) is 11.8 Å². The number of hydrogen-bond donors (Lipinski definition) is 0. The van der Waals surface area contributed by atoms with E-state index in [1.165, 1.54) is 7.11 Å². The highest BCUT2D eigenvalue weighted by atomic mass is 16.5. The second-order valence-electron chi connectivity index (χ2n) is 5.57. The van der Waals surface area contributed by atoms with Crippen LogP contribution in [0.5, 0.6) is 0 Å². The first-order valence-electron chi connectivity index (χ1n) is 7.41. The molecule has 4 heteroatoms. The fourth-order valence-electron chi connectivity index (χ4n) is 3.08. The van der Waals surface area contributed by atoms with Gasteiger partial charge in [-0.05, 0) is 5.56 Å². The number of esters is 1. The third-order valence-electron chi connectivity index (χ3n) is 4.25. The van der Waals surface area contributed by atoms with Gasteiger partial charge in [-0.2, -0.15) is 0 Å². The number of carbonyl (C=O) groups is 3. The minimum atomic E-state index is -0.890. The van der Waals surface area contributed by atoms with E-state index in [1.807, 2.05) is 36.4 Å². The maximum absolute atomic E-state index is 12.7. The molecule has 3 atom stereocenters. The van der Waals surface area contributed by atoms with Crippen LogP contribution in [0.4, 0.5) is 0 Å². The first-order valence-corrected chi connectivity index (χ1v) is 7.41. The Kier molecular flexibility index (Phi) is 4.06. The van der Waals surface area contributed by atoms with Gasteiger partial charge in [-0.3, -0.25) is 9.59 Å². The van der Waals surface area contributed by atoms with E-state index in [1.54, 1.807) is 24.3 Å². The number of ether oxygens (including phenoxy) is 1.